The Morgan fingerprint density at radius 2 is 1.60 bits per heavy atom. The number of aliphatic carboxylic acids is 1. The lowest BCUT2D eigenvalue weighted by atomic mass is 9.91. The minimum Gasteiger partial charge on any atom is -0.481 e. The number of amides is 1. The van der Waals surface area contributed by atoms with Crippen LogP contribution in [0.3, 0.4) is 0 Å². The number of hydrazone groups is 1. The highest BCUT2D eigenvalue weighted by atomic mass is 35.5. The third kappa shape index (κ3) is 6.26. The Morgan fingerprint density at radius 1 is 0.971 bits per heavy atom. The first kappa shape index (κ1) is 24.4. The minimum atomic E-state index is -0.963. The molecular formula is C26H22Cl2N4O3. The lowest BCUT2D eigenvalue weighted by Gasteiger charge is -2.19. The molecule has 0 radical (unpaired) electrons. The quantitative estimate of drug-likeness (QED) is 0.358. The zero-order valence-corrected chi connectivity index (χ0v) is 20.1. The zero-order chi connectivity index (χ0) is 24.8. The second-order valence-corrected chi connectivity index (χ2v) is 8.73. The first-order valence-electron chi connectivity index (χ1n) is 10.9. The van der Waals surface area contributed by atoms with E-state index < -0.39 is 11.9 Å². The molecule has 0 fully saturated rings. The molecule has 9 heteroatoms. The normalized spacial score (nSPS) is 15.6. The molecule has 1 aliphatic rings. The predicted molar refractivity (Wildman–Crippen MR) is 137 cm³/mol. The number of carbonyl (C=O) groups is 2. The number of halogens is 2. The number of rotatable bonds is 6. The molecule has 35 heavy (non-hydrogen) atoms. The van der Waals surface area contributed by atoms with Crippen molar-refractivity contribution in [1.82, 2.24) is 10.3 Å². The molecule has 4 rings (SSSR count). The number of guanidine groups is 1. The van der Waals surface area contributed by atoms with Gasteiger partial charge in [-0.15, -0.1) is 0 Å². The topological polar surface area (TPSA) is 94.4 Å². The van der Waals surface area contributed by atoms with Gasteiger partial charge >= 0.3 is 5.97 Å². The molecule has 2 N–H and O–H groups in total. The first-order valence-corrected chi connectivity index (χ1v) is 11.7. The van der Waals surface area contributed by atoms with Crippen molar-refractivity contribution in [3.63, 3.8) is 0 Å². The molecule has 0 saturated heterocycles. The van der Waals surface area contributed by atoms with E-state index in [1.54, 1.807) is 41.4 Å². The molecule has 3 aromatic rings. The molecule has 0 bridgehead atoms. The van der Waals surface area contributed by atoms with E-state index in [1.165, 1.54) is 0 Å². The van der Waals surface area contributed by atoms with E-state index in [0.29, 0.717) is 22.2 Å². The fourth-order valence-electron chi connectivity index (χ4n) is 3.68. The molecule has 1 amide bonds. The summed E-state index contributed by atoms with van der Waals surface area (Å²) in [6.07, 6.45) is -0.141. The van der Waals surface area contributed by atoms with Gasteiger partial charge in [0.2, 0.25) is 5.96 Å². The molecule has 0 aliphatic carbocycles. The smallest absolute Gasteiger partial charge is 0.305 e. The molecule has 1 aliphatic heterocycles. The average Bonchev–Trinajstić information content (AvgIpc) is 3.30. The van der Waals surface area contributed by atoms with Gasteiger partial charge in [-0.25, -0.2) is 5.01 Å². The van der Waals surface area contributed by atoms with Gasteiger partial charge in [0.05, 0.1) is 18.7 Å². The highest BCUT2D eigenvalue weighted by Gasteiger charge is 2.32. The summed E-state index contributed by atoms with van der Waals surface area (Å²) in [6.45, 7) is 0.495. The van der Waals surface area contributed by atoms with Gasteiger partial charge in [0.15, 0.2) is 0 Å². The molecule has 1 heterocycles. The fourth-order valence-corrected chi connectivity index (χ4v) is 3.94. The number of hydrogen-bond donors (Lipinski definition) is 2. The van der Waals surface area contributed by atoms with Gasteiger partial charge in [0, 0.05) is 28.1 Å². The summed E-state index contributed by atoms with van der Waals surface area (Å²) in [7, 11) is 0. The Morgan fingerprint density at radius 3 is 2.23 bits per heavy atom. The Bertz CT molecular complexity index is 1260. The van der Waals surface area contributed by atoms with Crippen molar-refractivity contribution in [2.45, 2.75) is 12.3 Å². The van der Waals surface area contributed by atoms with Crippen LogP contribution >= 0.6 is 23.2 Å². The average molecular weight is 509 g/mol. The highest BCUT2D eigenvalue weighted by Crippen LogP contribution is 2.29. The summed E-state index contributed by atoms with van der Waals surface area (Å²) >= 11 is 12.0. The second kappa shape index (κ2) is 11.2. The van der Waals surface area contributed by atoms with E-state index in [4.69, 9.17) is 33.4 Å². The molecule has 0 spiro atoms. The number of hydrogen-bond acceptors (Lipinski definition) is 3. The van der Waals surface area contributed by atoms with Gasteiger partial charge < -0.3 is 10.4 Å². The van der Waals surface area contributed by atoms with Crippen molar-refractivity contribution >= 4 is 46.7 Å². The zero-order valence-electron chi connectivity index (χ0n) is 18.6. The summed E-state index contributed by atoms with van der Waals surface area (Å²) < 4.78 is 0. The Labute approximate surface area is 212 Å². The Balaban J connectivity index is 1.70. The van der Waals surface area contributed by atoms with Crippen molar-refractivity contribution in [2.24, 2.45) is 10.1 Å². The molecule has 1 unspecified atom stereocenters. The molecule has 0 aromatic heterocycles. The van der Waals surface area contributed by atoms with Crippen LogP contribution in [0.25, 0.3) is 0 Å². The number of carbonyl (C=O) groups excluding carboxylic acids is 1. The summed E-state index contributed by atoms with van der Waals surface area (Å²) in [5.74, 6) is -1.38. The molecular weight excluding hydrogens is 487 g/mol. The standard InChI is InChI=1S/C26H22Cl2N4O3/c27-20-10-6-18(7-11-20)24-22(17-4-2-1-3-5-17)16-32(31-24)26(29-15-14-23(33)34)30-25(35)19-8-12-21(28)13-9-19/h1-13,22H,14-16H2,(H,33,34)(H,29,30,35). The number of carboxylic acids is 1. The van der Waals surface area contributed by atoms with E-state index in [1.807, 2.05) is 42.5 Å². The highest BCUT2D eigenvalue weighted by molar-refractivity contribution is 6.31. The Hall–Kier alpha value is -3.68. The number of nitrogens with zero attached hydrogens (tertiary/aromatic N) is 3. The maximum Gasteiger partial charge on any atom is 0.305 e. The van der Waals surface area contributed by atoms with Crippen LogP contribution < -0.4 is 5.32 Å². The van der Waals surface area contributed by atoms with Crippen LogP contribution in [0.15, 0.2) is 89.0 Å². The molecule has 1 atom stereocenters. The van der Waals surface area contributed by atoms with Crippen LogP contribution in [-0.4, -0.2) is 46.8 Å². The third-order valence-corrected chi connectivity index (χ3v) is 5.92. The van der Waals surface area contributed by atoms with Crippen LogP contribution in [0.2, 0.25) is 10.0 Å². The molecule has 3 aromatic carbocycles. The lowest BCUT2D eigenvalue weighted by Crippen LogP contribution is -2.39. The number of benzene rings is 3. The summed E-state index contributed by atoms with van der Waals surface area (Å²) in [5, 5.41) is 19.6. The summed E-state index contributed by atoms with van der Waals surface area (Å²) in [4.78, 5) is 28.2. The number of carboxylic acid groups (broad SMARTS) is 1. The van der Waals surface area contributed by atoms with Crippen molar-refractivity contribution in [3.05, 3.63) is 106 Å². The van der Waals surface area contributed by atoms with Crippen LogP contribution in [-0.2, 0) is 4.79 Å². The second-order valence-electron chi connectivity index (χ2n) is 7.86. The van der Waals surface area contributed by atoms with Crippen LogP contribution in [0, 0.1) is 0 Å². The molecule has 178 valence electrons. The van der Waals surface area contributed by atoms with E-state index in [0.717, 1.165) is 16.8 Å². The van der Waals surface area contributed by atoms with Gasteiger partial charge in [-0.1, -0.05) is 65.7 Å². The van der Waals surface area contributed by atoms with Gasteiger partial charge in [-0.05, 0) is 47.5 Å². The fraction of sp³-hybridized carbons (Fsp3) is 0.154. The SMILES string of the molecule is O=C(O)CCN/C(=N\C(=O)c1ccc(Cl)cc1)N1CC(c2ccccc2)C(c2ccc(Cl)cc2)=N1. The van der Waals surface area contributed by atoms with Crippen molar-refractivity contribution in [3.8, 4) is 0 Å². The molecule has 0 saturated carbocycles. The number of nitrogens with one attached hydrogen (secondary N) is 1. The predicted octanol–water partition coefficient (Wildman–Crippen LogP) is 5.06. The largest absolute Gasteiger partial charge is 0.481 e. The maximum absolute atomic E-state index is 12.9. The van der Waals surface area contributed by atoms with E-state index in [-0.39, 0.29) is 24.8 Å². The Kier molecular flexibility index (Phi) is 7.80. The molecule has 7 nitrogen and oxygen atoms in total. The number of aliphatic imine (C=N–C) groups is 1. The van der Waals surface area contributed by atoms with E-state index in [9.17, 15) is 9.59 Å². The minimum absolute atomic E-state index is 0.0837. The van der Waals surface area contributed by atoms with Crippen molar-refractivity contribution in [2.75, 3.05) is 13.1 Å². The maximum atomic E-state index is 12.9. The van der Waals surface area contributed by atoms with Gasteiger partial charge in [-0.3, -0.25) is 9.59 Å². The van der Waals surface area contributed by atoms with E-state index >= 15 is 0 Å². The van der Waals surface area contributed by atoms with Crippen LogP contribution in [0.5, 0.6) is 0 Å². The van der Waals surface area contributed by atoms with Gasteiger partial charge in [0.25, 0.3) is 5.91 Å². The van der Waals surface area contributed by atoms with Gasteiger partial charge in [-0.2, -0.15) is 10.1 Å². The first-order chi connectivity index (χ1) is 16.9. The van der Waals surface area contributed by atoms with Crippen LogP contribution in [0.1, 0.15) is 33.8 Å². The van der Waals surface area contributed by atoms with Crippen LogP contribution in [0.4, 0.5) is 0 Å². The summed E-state index contributed by atoms with van der Waals surface area (Å²) in [6, 6.07) is 23.7. The summed E-state index contributed by atoms with van der Waals surface area (Å²) in [5.41, 5.74) is 3.09. The third-order valence-electron chi connectivity index (χ3n) is 5.42. The van der Waals surface area contributed by atoms with Crippen molar-refractivity contribution < 1.29 is 14.7 Å². The van der Waals surface area contributed by atoms with Crippen molar-refractivity contribution in [1.29, 1.82) is 0 Å². The van der Waals surface area contributed by atoms with Gasteiger partial charge in [0.1, 0.15) is 0 Å². The lowest BCUT2D eigenvalue weighted by molar-refractivity contribution is -0.136. The van der Waals surface area contributed by atoms with E-state index in [2.05, 4.69) is 10.3 Å². The monoisotopic (exact) mass is 508 g/mol.